The molecule has 2 heterocycles. The molecule has 3 nitrogen and oxygen atoms in total. The number of aryl methyl sites for hydroxylation is 2. The van der Waals surface area contributed by atoms with E-state index >= 15 is 0 Å². The Hall–Kier alpha value is -2.55. The SMILES string of the molecule is Cc1ccc2oc(C[C@@H]3C(=O)N(C)c4ccccc43)c(C)c2c1. The second-order valence-corrected chi connectivity index (χ2v) is 6.36. The predicted molar refractivity (Wildman–Crippen MR) is 92.0 cm³/mol. The Balaban J connectivity index is 1.77. The van der Waals surface area contributed by atoms with Crippen LogP contribution in [0.3, 0.4) is 0 Å². The van der Waals surface area contributed by atoms with E-state index in [0.717, 1.165) is 33.5 Å². The van der Waals surface area contributed by atoms with E-state index in [9.17, 15) is 4.79 Å². The molecule has 0 N–H and O–H groups in total. The molecule has 0 saturated carbocycles. The lowest BCUT2D eigenvalue weighted by molar-refractivity contribution is -0.119. The van der Waals surface area contributed by atoms with Gasteiger partial charge in [-0.3, -0.25) is 4.79 Å². The maximum absolute atomic E-state index is 12.6. The van der Waals surface area contributed by atoms with Crippen LogP contribution in [0.2, 0.25) is 0 Å². The normalized spacial score (nSPS) is 17.1. The molecule has 1 amide bonds. The number of furan rings is 1. The summed E-state index contributed by atoms with van der Waals surface area (Å²) in [5, 5.41) is 1.15. The van der Waals surface area contributed by atoms with E-state index in [1.54, 1.807) is 4.90 Å². The van der Waals surface area contributed by atoms with E-state index in [-0.39, 0.29) is 11.8 Å². The monoisotopic (exact) mass is 305 g/mol. The van der Waals surface area contributed by atoms with Crippen LogP contribution in [-0.2, 0) is 11.2 Å². The molecule has 116 valence electrons. The van der Waals surface area contributed by atoms with Crippen molar-refractivity contribution < 1.29 is 9.21 Å². The quantitative estimate of drug-likeness (QED) is 0.705. The first-order valence-electron chi connectivity index (χ1n) is 7.91. The van der Waals surface area contributed by atoms with Crippen molar-refractivity contribution in [3.05, 3.63) is 64.9 Å². The van der Waals surface area contributed by atoms with Gasteiger partial charge in [0, 0.05) is 24.5 Å². The number of para-hydroxylation sites is 1. The lowest BCUT2D eigenvalue weighted by Gasteiger charge is -2.10. The largest absolute Gasteiger partial charge is 0.461 e. The fourth-order valence-electron chi connectivity index (χ4n) is 3.54. The Kier molecular flexibility index (Phi) is 3.05. The smallest absolute Gasteiger partial charge is 0.234 e. The molecular weight excluding hydrogens is 286 g/mol. The molecule has 1 atom stereocenters. The Morgan fingerprint density at radius 1 is 1.13 bits per heavy atom. The van der Waals surface area contributed by atoms with Gasteiger partial charge in [0.25, 0.3) is 0 Å². The molecule has 0 saturated heterocycles. The number of carbonyl (C=O) groups is 1. The van der Waals surface area contributed by atoms with Crippen molar-refractivity contribution in [2.45, 2.75) is 26.2 Å². The van der Waals surface area contributed by atoms with Gasteiger partial charge in [-0.25, -0.2) is 0 Å². The number of hydrogen-bond donors (Lipinski definition) is 0. The molecule has 0 bridgehead atoms. The third-order valence-electron chi connectivity index (χ3n) is 4.88. The highest BCUT2D eigenvalue weighted by Crippen LogP contribution is 2.39. The molecule has 0 aliphatic carbocycles. The highest BCUT2D eigenvalue weighted by atomic mass is 16.3. The predicted octanol–water partition coefficient (Wildman–Crippen LogP) is 4.35. The minimum atomic E-state index is -0.156. The van der Waals surface area contributed by atoms with Crippen LogP contribution in [0.5, 0.6) is 0 Å². The van der Waals surface area contributed by atoms with Crippen molar-refractivity contribution >= 4 is 22.6 Å². The standard InChI is InChI=1S/C20H19NO2/c1-12-8-9-18-15(10-12)13(2)19(23-18)11-16-14-6-4-5-7-17(14)21(3)20(16)22/h4-10,16H,11H2,1-3H3/t16-/m0/s1. The summed E-state index contributed by atoms with van der Waals surface area (Å²) in [4.78, 5) is 14.4. The van der Waals surface area contributed by atoms with Crippen molar-refractivity contribution in [1.29, 1.82) is 0 Å². The Bertz CT molecular complexity index is 923. The van der Waals surface area contributed by atoms with E-state index in [1.807, 2.05) is 37.4 Å². The van der Waals surface area contributed by atoms with Gasteiger partial charge >= 0.3 is 0 Å². The van der Waals surface area contributed by atoms with E-state index < -0.39 is 0 Å². The number of rotatable bonds is 2. The molecule has 4 rings (SSSR count). The fraction of sp³-hybridized carbons (Fsp3) is 0.250. The molecule has 1 aliphatic rings. The first-order valence-corrected chi connectivity index (χ1v) is 7.91. The second-order valence-electron chi connectivity index (χ2n) is 6.36. The number of benzene rings is 2. The van der Waals surface area contributed by atoms with Gasteiger partial charge in [-0.05, 0) is 43.2 Å². The summed E-state index contributed by atoms with van der Waals surface area (Å²) in [5.74, 6) is 0.896. The molecule has 1 aliphatic heterocycles. The number of likely N-dealkylation sites (N-methyl/N-ethyl adjacent to an activating group) is 1. The van der Waals surface area contributed by atoms with Crippen LogP contribution in [0, 0.1) is 13.8 Å². The summed E-state index contributed by atoms with van der Waals surface area (Å²) >= 11 is 0. The Morgan fingerprint density at radius 2 is 1.91 bits per heavy atom. The zero-order valence-corrected chi connectivity index (χ0v) is 13.6. The molecule has 0 fully saturated rings. The van der Waals surface area contributed by atoms with Gasteiger partial charge in [0.1, 0.15) is 11.3 Å². The van der Waals surface area contributed by atoms with Gasteiger partial charge < -0.3 is 9.32 Å². The van der Waals surface area contributed by atoms with Crippen LogP contribution >= 0.6 is 0 Å². The molecule has 3 heteroatoms. The fourth-order valence-corrected chi connectivity index (χ4v) is 3.54. The zero-order valence-electron chi connectivity index (χ0n) is 13.6. The Morgan fingerprint density at radius 3 is 2.74 bits per heavy atom. The van der Waals surface area contributed by atoms with Crippen LogP contribution in [0.25, 0.3) is 11.0 Å². The molecule has 0 unspecified atom stereocenters. The van der Waals surface area contributed by atoms with Gasteiger partial charge in [0.15, 0.2) is 0 Å². The van der Waals surface area contributed by atoms with Gasteiger partial charge in [-0.15, -0.1) is 0 Å². The van der Waals surface area contributed by atoms with Gasteiger partial charge in [0.05, 0.1) is 5.92 Å². The summed E-state index contributed by atoms with van der Waals surface area (Å²) in [6.07, 6.45) is 0.611. The number of nitrogens with zero attached hydrogens (tertiary/aromatic N) is 1. The van der Waals surface area contributed by atoms with Gasteiger partial charge in [-0.1, -0.05) is 29.8 Å². The molecule has 23 heavy (non-hydrogen) atoms. The number of hydrogen-bond acceptors (Lipinski definition) is 2. The lowest BCUT2D eigenvalue weighted by Crippen LogP contribution is -2.24. The van der Waals surface area contributed by atoms with Crippen molar-refractivity contribution in [2.75, 3.05) is 11.9 Å². The minimum Gasteiger partial charge on any atom is -0.461 e. The molecule has 1 aromatic heterocycles. The lowest BCUT2D eigenvalue weighted by atomic mass is 9.94. The van der Waals surface area contributed by atoms with E-state index in [2.05, 4.69) is 26.0 Å². The molecule has 0 spiro atoms. The number of amides is 1. The van der Waals surface area contributed by atoms with Crippen LogP contribution in [0.1, 0.15) is 28.4 Å². The van der Waals surface area contributed by atoms with Crippen molar-refractivity contribution in [3.63, 3.8) is 0 Å². The minimum absolute atomic E-state index is 0.141. The molecule has 3 aromatic rings. The van der Waals surface area contributed by atoms with Gasteiger partial charge in [-0.2, -0.15) is 0 Å². The van der Waals surface area contributed by atoms with Crippen LogP contribution in [-0.4, -0.2) is 13.0 Å². The van der Waals surface area contributed by atoms with E-state index in [1.165, 1.54) is 5.56 Å². The van der Waals surface area contributed by atoms with Crippen LogP contribution in [0.15, 0.2) is 46.9 Å². The number of carbonyl (C=O) groups excluding carboxylic acids is 1. The molecule has 0 radical (unpaired) electrons. The van der Waals surface area contributed by atoms with E-state index in [4.69, 9.17) is 4.42 Å². The average molecular weight is 305 g/mol. The second kappa shape index (κ2) is 4.98. The number of anilines is 1. The summed E-state index contributed by atoms with van der Waals surface area (Å²) in [6.45, 7) is 4.16. The summed E-state index contributed by atoms with van der Waals surface area (Å²) < 4.78 is 6.04. The molecule has 2 aromatic carbocycles. The van der Waals surface area contributed by atoms with Crippen molar-refractivity contribution in [1.82, 2.24) is 0 Å². The van der Waals surface area contributed by atoms with Gasteiger partial charge in [0.2, 0.25) is 5.91 Å². The highest BCUT2D eigenvalue weighted by Gasteiger charge is 2.35. The summed E-state index contributed by atoms with van der Waals surface area (Å²) in [5.41, 5.74) is 5.36. The third kappa shape index (κ3) is 2.07. The van der Waals surface area contributed by atoms with Crippen molar-refractivity contribution in [3.8, 4) is 0 Å². The topological polar surface area (TPSA) is 33.5 Å². The third-order valence-corrected chi connectivity index (χ3v) is 4.88. The first-order chi connectivity index (χ1) is 11.1. The number of fused-ring (bicyclic) bond motifs is 2. The van der Waals surface area contributed by atoms with E-state index in [0.29, 0.717) is 6.42 Å². The van der Waals surface area contributed by atoms with Crippen LogP contribution in [0.4, 0.5) is 5.69 Å². The summed E-state index contributed by atoms with van der Waals surface area (Å²) in [6, 6.07) is 14.2. The maximum atomic E-state index is 12.6. The Labute approximate surface area is 135 Å². The van der Waals surface area contributed by atoms with Crippen molar-refractivity contribution in [2.24, 2.45) is 0 Å². The zero-order chi connectivity index (χ0) is 16.1. The molecular formula is C20H19NO2. The average Bonchev–Trinajstić information content (AvgIpc) is 2.99. The maximum Gasteiger partial charge on any atom is 0.234 e. The van der Waals surface area contributed by atoms with Crippen LogP contribution < -0.4 is 4.90 Å². The first kappa shape index (κ1) is 14.1. The summed E-state index contributed by atoms with van der Waals surface area (Å²) in [7, 11) is 1.84. The highest BCUT2D eigenvalue weighted by molar-refractivity contribution is 6.04.